The lowest BCUT2D eigenvalue weighted by Crippen LogP contribution is -2.36. The maximum absolute atomic E-state index is 4.48. The molecule has 4 rings (SSSR count). The number of thiophene rings is 1. The van der Waals surface area contributed by atoms with E-state index in [1.807, 2.05) is 23.6 Å². The number of likely N-dealkylation sites (tertiary alicyclic amines) is 2. The number of hydrogen-bond donors (Lipinski definition) is 0. The molecule has 2 aliphatic rings. The molecule has 2 saturated heterocycles. The van der Waals surface area contributed by atoms with Gasteiger partial charge in [0.15, 0.2) is 0 Å². The molecule has 0 amide bonds. The summed E-state index contributed by atoms with van der Waals surface area (Å²) in [6.07, 6.45) is 4.52. The topological polar surface area (TPSA) is 19.4 Å². The summed E-state index contributed by atoms with van der Waals surface area (Å²) in [4.78, 5) is 11.3. The molecule has 0 N–H and O–H groups in total. The summed E-state index contributed by atoms with van der Waals surface area (Å²) in [5.74, 6) is 0. The summed E-state index contributed by atoms with van der Waals surface area (Å²) >= 11 is 1.88. The Hall–Kier alpha value is -1.23. The summed E-state index contributed by atoms with van der Waals surface area (Å²) in [5, 5.41) is 2.19. The first-order valence-corrected chi connectivity index (χ1v) is 8.68. The smallest absolute Gasteiger partial charge is 0.0544 e. The fourth-order valence-corrected chi connectivity index (χ4v) is 4.59. The largest absolute Gasteiger partial charge is 0.294 e. The van der Waals surface area contributed by atoms with Crippen molar-refractivity contribution >= 4 is 11.3 Å². The lowest BCUT2D eigenvalue weighted by atomic mass is 10.1. The number of aromatic nitrogens is 1. The lowest BCUT2D eigenvalue weighted by molar-refractivity contribution is 0.212. The Labute approximate surface area is 130 Å². The van der Waals surface area contributed by atoms with Gasteiger partial charge in [0.25, 0.3) is 0 Å². The Morgan fingerprint density at radius 3 is 2.48 bits per heavy atom. The number of hydrogen-bond acceptors (Lipinski definition) is 4. The van der Waals surface area contributed by atoms with Gasteiger partial charge in [0.2, 0.25) is 0 Å². The molecule has 3 nitrogen and oxygen atoms in total. The van der Waals surface area contributed by atoms with Crippen LogP contribution in [0.15, 0.2) is 41.9 Å². The molecule has 110 valence electrons. The number of rotatable bonds is 4. The molecular formula is C17H21N3S. The lowest BCUT2D eigenvalue weighted by Gasteiger charge is -2.25. The number of fused-ring (bicyclic) bond motifs is 1. The zero-order valence-corrected chi connectivity index (χ0v) is 13.0. The van der Waals surface area contributed by atoms with Crippen LogP contribution in [0.4, 0.5) is 0 Å². The van der Waals surface area contributed by atoms with E-state index in [2.05, 4.69) is 44.4 Å². The van der Waals surface area contributed by atoms with Crippen LogP contribution in [0.1, 0.15) is 23.4 Å². The number of pyridine rings is 1. The van der Waals surface area contributed by atoms with Gasteiger partial charge in [-0.05, 0) is 36.4 Å². The van der Waals surface area contributed by atoms with Gasteiger partial charge in [0.1, 0.15) is 0 Å². The normalized spacial score (nSPS) is 26.3. The van der Waals surface area contributed by atoms with Crippen LogP contribution < -0.4 is 0 Å². The standard InChI is InChI=1S/C17H21N3S/c1-2-8-18-14(4-1)12-19-9-6-17-16(19)7-10-20(17)13-15-5-3-11-21-15/h1-5,8,11,16-17H,6-7,9-10,12-13H2/t16-,17+/m1/s1. The molecule has 2 aromatic heterocycles. The van der Waals surface area contributed by atoms with Gasteiger partial charge in [0.05, 0.1) is 5.69 Å². The highest BCUT2D eigenvalue weighted by Gasteiger charge is 2.42. The molecule has 2 aliphatic heterocycles. The first kappa shape index (κ1) is 13.4. The molecular weight excluding hydrogens is 278 g/mol. The van der Waals surface area contributed by atoms with E-state index < -0.39 is 0 Å². The second kappa shape index (κ2) is 5.87. The Kier molecular flexibility index (Phi) is 3.76. The highest BCUT2D eigenvalue weighted by atomic mass is 32.1. The molecule has 0 unspecified atom stereocenters. The van der Waals surface area contributed by atoms with E-state index in [0.29, 0.717) is 0 Å². The molecule has 0 bridgehead atoms. The van der Waals surface area contributed by atoms with Gasteiger partial charge in [-0.3, -0.25) is 14.8 Å². The van der Waals surface area contributed by atoms with Crippen LogP contribution in [0.2, 0.25) is 0 Å². The molecule has 0 aliphatic carbocycles. The molecule has 0 saturated carbocycles. The van der Waals surface area contributed by atoms with Crippen LogP contribution in [0.25, 0.3) is 0 Å². The van der Waals surface area contributed by atoms with E-state index in [1.54, 1.807) is 0 Å². The van der Waals surface area contributed by atoms with Crippen LogP contribution in [-0.4, -0.2) is 40.0 Å². The molecule has 4 heterocycles. The summed E-state index contributed by atoms with van der Waals surface area (Å²) in [6.45, 7) is 4.60. The van der Waals surface area contributed by atoms with Crippen molar-refractivity contribution in [1.29, 1.82) is 0 Å². The number of nitrogens with zero attached hydrogens (tertiary/aromatic N) is 3. The van der Waals surface area contributed by atoms with Gasteiger partial charge in [0, 0.05) is 49.3 Å². The van der Waals surface area contributed by atoms with Crippen LogP contribution in [0, 0.1) is 0 Å². The molecule has 2 fully saturated rings. The Balaban J connectivity index is 1.41. The molecule has 4 heteroatoms. The SMILES string of the molecule is c1ccc(CN2CC[C@H]3[C@H]2CCN3Cc2cccs2)nc1. The first-order valence-electron chi connectivity index (χ1n) is 7.80. The van der Waals surface area contributed by atoms with E-state index in [-0.39, 0.29) is 0 Å². The predicted molar refractivity (Wildman–Crippen MR) is 86.2 cm³/mol. The second-order valence-electron chi connectivity index (χ2n) is 6.05. The van der Waals surface area contributed by atoms with E-state index in [0.717, 1.165) is 25.2 Å². The first-order chi connectivity index (χ1) is 10.4. The molecule has 0 spiro atoms. The van der Waals surface area contributed by atoms with E-state index in [9.17, 15) is 0 Å². The third-order valence-corrected chi connectivity index (χ3v) is 5.70. The third kappa shape index (κ3) is 2.76. The van der Waals surface area contributed by atoms with Crippen molar-refractivity contribution in [1.82, 2.24) is 14.8 Å². The van der Waals surface area contributed by atoms with E-state index >= 15 is 0 Å². The van der Waals surface area contributed by atoms with E-state index in [4.69, 9.17) is 0 Å². The summed E-state index contributed by atoms with van der Waals surface area (Å²) in [7, 11) is 0. The highest BCUT2D eigenvalue weighted by molar-refractivity contribution is 7.09. The van der Waals surface area contributed by atoms with E-state index in [1.165, 1.54) is 36.5 Å². The molecule has 21 heavy (non-hydrogen) atoms. The van der Waals surface area contributed by atoms with Crippen molar-refractivity contribution in [2.75, 3.05) is 13.1 Å². The average molecular weight is 299 g/mol. The van der Waals surface area contributed by atoms with Gasteiger partial charge in [-0.1, -0.05) is 12.1 Å². The second-order valence-corrected chi connectivity index (χ2v) is 7.09. The van der Waals surface area contributed by atoms with Crippen molar-refractivity contribution in [2.45, 2.75) is 38.0 Å². The van der Waals surface area contributed by atoms with Crippen molar-refractivity contribution in [3.63, 3.8) is 0 Å². The predicted octanol–water partition coefficient (Wildman–Crippen LogP) is 2.99. The molecule has 0 radical (unpaired) electrons. The monoisotopic (exact) mass is 299 g/mol. The zero-order valence-electron chi connectivity index (χ0n) is 12.2. The van der Waals surface area contributed by atoms with Crippen LogP contribution in [0.5, 0.6) is 0 Å². The average Bonchev–Trinajstić information content (AvgIpc) is 3.21. The minimum Gasteiger partial charge on any atom is -0.294 e. The Bertz CT molecular complexity index is 569. The van der Waals surface area contributed by atoms with Gasteiger partial charge in [-0.25, -0.2) is 0 Å². The Morgan fingerprint density at radius 2 is 1.81 bits per heavy atom. The van der Waals surface area contributed by atoms with Crippen LogP contribution >= 0.6 is 11.3 Å². The summed E-state index contributed by atoms with van der Waals surface area (Å²) in [5.41, 5.74) is 1.20. The quantitative estimate of drug-likeness (QED) is 0.865. The minimum absolute atomic E-state index is 0.729. The minimum atomic E-state index is 0.729. The summed E-state index contributed by atoms with van der Waals surface area (Å²) in [6, 6.07) is 12.1. The van der Waals surface area contributed by atoms with Crippen LogP contribution in [0.3, 0.4) is 0 Å². The maximum Gasteiger partial charge on any atom is 0.0544 e. The zero-order chi connectivity index (χ0) is 14.1. The molecule has 2 atom stereocenters. The Morgan fingerprint density at radius 1 is 1.00 bits per heavy atom. The maximum atomic E-state index is 4.48. The summed E-state index contributed by atoms with van der Waals surface area (Å²) < 4.78 is 0. The van der Waals surface area contributed by atoms with Gasteiger partial charge in [-0.2, -0.15) is 0 Å². The van der Waals surface area contributed by atoms with Crippen molar-refractivity contribution < 1.29 is 0 Å². The van der Waals surface area contributed by atoms with Crippen molar-refractivity contribution in [3.8, 4) is 0 Å². The van der Waals surface area contributed by atoms with Crippen molar-refractivity contribution in [3.05, 3.63) is 52.5 Å². The van der Waals surface area contributed by atoms with Gasteiger partial charge >= 0.3 is 0 Å². The van der Waals surface area contributed by atoms with Crippen molar-refractivity contribution in [2.24, 2.45) is 0 Å². The fraction of sp³-hybridized carbons (Fsp3) is 0.471. The van der Waals surface area contributed by atoms with Gasteiger partial charge < -0.3 is 0 Å². The molecule has 0 aromatic carbocycles. The molecule has 2 aromatic rings. The van der Waals surface area contributed by atoms with Gasteiger partial charge in [-0.15, -0.1) is 11.3 Å². The van der Waals surface area contributed by atoms with Crippen LogP contribution in [-0.2, 0) is 13.1 Å². The fourth-order valence-electron chi connectivity index (χ4n) is 3.86. The third-order valence-electron chi connectivity index (χ3n) is 4.84. The highest BCUT2D eigenvalue weighted by Crippen LogP contribution is 2.33.